The van der Waals surface area contributed by atoms with Crippen molar-refractivity contribution in [2.75, 3.05) is 11.9 Å². The lowest BCUT2D eigenvalue weighted by Crippen LogP contribution is -2.06. The number of nitrogens with one attached hydrogen (secondary N) is 1. The molecule has 0 saturated carbocycles. The molecule has 5 heteroatoms. The lowest BCUT2D eigenvalue weighted by Gasteiger charge is -2.07. The zero-order valence-corrected chi connectivity index (χ0v) is 6.65. The largest absolute Gasteiger partial charge is 0.417 e. The Morgan fingerprint density at radius 2 is 2.15 bits per heavy atom. The highest BCUT2D eigenvalue weighted by Gasteiger charge is 2.32. The van der Waals surface area contributed by atoms with E-state index in [4.69, 9.17) is 0 Å². The predicted molar refractivity (Wildman–Crippen MR) is 41.4 cm³/mol. The van der Waals surface area contributed by atoms with Gasteiger partial charge in [0.25, 0.3) is 0 Å². The molecule has 70 valence electrons. The molecule has 0 spiro atoms. The number of nitrogens with zero attached hydrogens (tertiary/aromatic N) is 1. The highest BCUT2D eigenvalue weighted by Crippen LogP contribution is 2.31. The van der Waals surface area contributed by atoms with Crippen LogP contribution in [0.2, 0.25) is 0 Å². The summed E-state index contributed by atoms with van der Waals surface area (Å²) in [7, 11) is 0. The van der Waals surface area contributed by atoms with Crippen molar-refractivity contribution in [1.29, 1.82) is 0 Å². The molecule has 0 fully saturated rings. The molecular weight excluding hydrogens is 181 g/mol. The highest BCUT2D eigenvalue weighted by atomic mass is 19.4. The molecule has 2 rings (SSSR count). The van der Waals surface area contributed by atoms with Crippen molar-refractivity contribution in [3.8, 4) is 0 Å². The van der Waals surface area contributed by atoms with E-state index in [1.54, 1.807) is 0 Å². The van der Waals surface area contributed by atoms with Crippen LogP contribution in [0.1, 0.15) is 11.1 Å². The average Bonchev–Trinajstić information content (AvgIpc) is 2.47. The van der Waals surface area contributed by atoms with Crippen LogP contribution in [0.15, 0.2) is 12.3 Å². The van der Waals surface area contributed by atoms with Gasteiger partial charge in [-0.1, -0.05) is 0 Å². The normalized spacial score (nSPS) is 15.3. The highest BCUT2D eigenvalue weighted by molar-refractivity contribution is 5.50. The second kappa shape index (κ2) is 2.61. The molecule has 1 aromatic heterocycles. The van der Waals surface area contributed by atoms with E-state index in [1.807, 2.05) is 0 Å². The van der Waals surface area contributed by atoms with E-state index in [0.29, 0.717) is 24.3 Å². The van der Waals surface area contributed by atoms with Crippen molar-refractivity contribution >= 4 is 5.82 Å². The molecule has 0 saturated heterocycles. The summed E-state index contributed by atoms with van der Waals surface area (Å²) in [6.45, 7) is 0.670. The minimum absolute atomic E-state index is 0.577. The summed E-state index contributed by atoms with van der Waals surface area (Å²) in [5, 5.41) is 2.90. The molecule has 1 aliphatic rings. The maximum absolute atomic E-state index is 12.2. The first-order valence-corrected chi connectivity index (χ1v) is 3.87. The molecule has 0 unspecified atom stereocenters. The van der Waals surface area contributed by atoms with Gasteiger partial charge in [-0.05, 0) is 18.1 Å². The van der Waals surface area contributed by atoms with E-state index in [1.165, 1.54) is 0 Å². The quantitative estimate of drug-likeness (QED) is 0.674. The molecule has 0 aromatic carbocycles. The smallest absolute Gasteiger partial charge is 0.370 e. The maximum Gasteiger partial charge on any atom is 0.417 e. The first kappa shape index (κ1) is 8.34. The summed E-state index contributed by atoms with van der Waals surface area (Å²) in [6.07, 6.45) is -2.81. The molecule has 0 amide bonds. The molecule has 13 heavy (non-hydrogen) atoms. The zero-order chi connectivity index (χ0) is 9.47. The number of anilines is 1. The number of fused-ring (bicyclic) bond motifs is 1. The van der Waals surface area contributed by atoms with Crippen LogP contribution in [0, 0.1) is 0 Å². The van der Waals surface area contributed by atoms with Crippen LogP contribution in [0.4, 0.5) is 19.0 Å². The van der Waals surface area contributed by atoms with E-state index in [0.717, 1.165) is 12.3 Å². The fraction of sp³-hybridized carbons (Fsp3) is 0.375. The first-order chi connectivity index (χ1) is 6.07. The van der Waals surface area contributed by atoms with Crippen molar-refractivity contribution in [3.05, 3.63) is 23.4 Å². The fourth-order valence-electron chi connectivity index (χ4n) is 1.33. The number of hydrogen-bond donors (Lipinski definition) is 1. The number of aromatic nitrogens is 1. The van der Waals surface area contributed by atoms with E-state index < -0.39 is 11.7 Å². The summed E-state index contributed by atoms with van der Waals surface area (Å²) in [4.78, 5) is 3.69. The van der Waals surface area contributed by atoms with E-state index in [-0.39, 0.29) is 0 Å². The Morgan fingerprint density at radius 1 is 1.38 bits per heavy atom. The molecule has 0 bridgehead atoms. The van der Waals surface area contributed by atoms with Crippen LogP contribution in [0.25, 0.3) is 0 Å². The van der Waals surface area contributed by atoms with Crippen LogP contribution in [-0.2, 0) is 12.6 Å². The molecule has 0 radical (unpaired) electrons. The van der Waals surface area contributed by atoms with Gasteiger partial charge in [-0.25, -0.2) is 4.98 Å². The van der Waals surface area contributed by atoms with Gasteiger partial charge in [0.1, 0.15) is 5.82 Å². The number of alkyl halides is 3. The minimum atomic E-state index is -4.29. The summed E-state index contributed by atoms with van der Waals surface area (Å²) in [5.41, 5.74) is -0.0234. The Kier molecular flexibility index (Phi) is 1.68. The van der Waals surface area contributed by atoms with Crippen LogP contribution in [0.5, 0.6) is 0 Å². The van der Waals surface area contributed by atoms with Gasteiger partial charge in [0.05, 0.1) is 5.56 Å². The van der Waals surface area contributed by atoms with Crippen molar-refractivity contribution in [2.24, 2.45) is 0 Å². The standard InChI is InChI=1S/C8H7F3N2/c9-8(10,11)6-3-5-1-2-12-7(5)13-4-6/h3-4H,1-2H2,(H,12,13). The topological polar surface area (TPSA) is 24.9 Å². The minimum Gasteiger partial charge on any atom is -0.370 e. The summed E-state index contributed by atoms with van der Waals surface area (Å²) in [6, 6.07) is 1.16. The number of rotatable bonds is 0. The Labute approximate surface area is 72.8 Å². The molecule has 0 aliphatic carbocycles. The van der Waals surface area contributed by atoms with Gasteiger partial charge in [0, 0.05) is 12.7 Å². The van der Waals surface area contributed by atoms with Gasteiger partial charge in [-0.2, -0.15) is 13.2 Å². The second-order valence-corrected chi connectivity index (χ2v) is 2.91. The Hall–Kier alpha value is -1.26. The molecule has 0 atom stereocenters. The van der Waals surface area contributed by atoms with Crippen LogP contribution in [-0.4, -0.2) is 11.5 Å². The van der Waals surface area contributed by atoms with Crippen LogP contribution in [0.3, 0.4) is 0 Å². The average molecular weight is 188 g/mol. The Balaban J connectivity index is 2.42. The van der Waals surface area contributed by atoms with Gasteiger partial charge >= 0.3 is 6.18 Å². The van der Waals surface area contributed by atoms with E-state index in [2.05, 4.69) is 10.3 Å². The van der Waals surface area contributed by atoms with Crippen molar-refractivity contribution < 1.29 is 13.2 Å². The monoisotopic (exact) mass is 188 g/mol. The summed E-state index contributed by atoms with van der Waals surface area (Å²) < 4.78 is 36.6. The van der Waals surface area contributed by atoms with E-state index >= 15 is 0 Å². The molecule has 1 aromatic rings. The number of hydrogen-bond acceptors (Lipinski definition) is 2. The van der Waals surface area contributed by atoms with Gasteiger partial charge in [0.15, 0.2) is 0 Å². The fourth-order valence-corrected chi connectivity index (χ4v) is 1.33. The van der Waals surface area contributed by atoms with Gasteiger partial charge in [0.2, 0.25) is 0 Å². The maximum atomic E-state index is 12.2. The third-order valence-electron chi connectivity index (χ3n) is 1.98. The molecule has 2 heterocycles. The third kappa shape index (κ3) is 1.46. The third-order valence-corrected chi connectivity index (χ3v) is 1.98. The second-order valence-electron chi connectivity index (χ2n) is 2.91. The predicted octanol–water partition coefficient (Wildman–Crippen LogP) is 2.07. The number of pyridine rings is 1. The zero-order valence-electron chi connectivity index (χ0n) is 6.65. The van der Waals surface area contributed by atoms with Crippen LogP contribution >= 0.6 is 0 Å². The Bertz CT molecular complexity index is 333. The lowest BCUT2D eigenvalue weighted by molar-refractivity contribution is -0.137. The van der Waals surface area contributed by atoms with Gasteiger partial charge in [-0.3, -0.25) is 0 Å². The van der Waals surface area contributed by atoms with Crippen molar-refractivity contribution in [3.63, 3.8) is 0 Å². The lowest BCUT2D eigenvalue weighted by atomic mass is 10.1. The van der Waals surface area contributed by atoms with E-state index in [9.17, 15) is 13.2 Å². The Morgan fingerprint density at radius 3 is 2.85 bits per heavy atom. The first-order valence-electron chi connectivity index (χ1n) is 3.87. The molecule has 1 aliphatic heterocycles. The van der Waals surface area contributed by atoms with Crippen molar-refractivity contribution in [2.45, 2.75) is 12.6 Å². The van der Waals surface area contributed by atoms with Crippen LogP contribution < -0.4 is 5.32 Å². The van der Waals surface area contributed by atoms with Gasteiger partial charge in [-0.15, -0.1) is 0 Å². The van der Waals surface area contributed by atoms with Gasteiger partial charge < -0.3 is 5.32 Å². The molecule has 2 nitrogen and oxygen atoms in total. The summed E-state index contributed by atoms with van der Waals surface area (Å²) >= 11 is 0. The molecular formula is C8H7F3N2. The van der Waals surface area contributed by atoms with Crippen molar-refractivity contribution in [1.82, 2.24) is 4.98 Å². The molecule has 1 N–H and O–H groups in total. The number of halogens is 3. The summed E-state index contributed by atoms with van der Waals surface area (Å²) in [5.74, 6) is 0.577. The SMILES string of the molecule is FC(F)(F)c1cnc2c(c1)CCN2.